The van der Waals surface area contributed by atoms with E-state index < -0.39 is 0 Å². The van der Waals surface area contributed by atoms with Gasteiger partial charge in [0.15, 0.2) is 0 Å². The first-order valence-corrected chi connectivity index (χ1v) is 6.49. The Bertz CT molecular complexity index is 705. The molecule has 0 fully saturated rings. The smallest absolute Gasteiger partial charge is 0.137 e. The normalized spacial score (nSPS) is 11.4. The van der Waals surface area contributed by atoms with Gasteiger partial charge in [0, 0.05) is 14.3 Å². The zero-order chi connectivity index (χ0) is 11.3. The molecule has 0 aliphatic carbocycles. The lowest BCUT2D eigenvalue weighted by Crippen LogP contribution is -2.03. The maximum atomic E-state index is 6.03. The van der Waals surface area contributed by atoms with E-state index in [1.807, 2.05) is 24.3 Å². The molecule has 1 heterocycles. The first-order chi connectivity index (χ1) is 7.68. The van der Waals surface area contributed by atoms with Crippen molar-refractivity contribution in [1.29, 1.82) is 0 Å². The average Bonchev–Trinajstić information content (AvgIpc) is 2.64. The number of hydrogen-bond acceptors (Lipinski definition) is 2. The standard InChI is InChI=1S/C12H9INOP/c13-11-10-6-3-1-2-4-7(6)15-8(10)5-9(16)12(11)14/h1-5H,14,16H2. The summed E-state index contributed by atoms with van der Waals surface area (Å²) in [6.07, 6.45) is 0. The van der Waals surface area contributed by atoms with Crippen molar-refractivity contribution >= 4 is 64.8 Å². The fourth-order valence-electron chi connectivity index (χ4n) is 1.87. The minimum Gasteiger partial charge on any atom is -0.456 e. The Labute approximate surface area is 109 Å². The summed E-state index contributed by atoms with van der Waals surface area (Å²) in [6, 6.07) is 9.99. The quantitative estimate of drug-likeness (QED) is 0.387. The lowest BCUT2D eigenvalue weighted by Gasteiger charge is -2.03. The fraction of sp³-hybridized carbons (Fsp3) is 0. The highest BCUT2D eigenvalue weighted by molar-refractivity contribution is 14.1. The number of benzene rings is 2. The summed E-state index contributed by atoms with van der Waals surface area (Å²) in [5.41, 5.74) is 8.64. The van der Waals surface area contributed by atoms with Gasteiger partial charge in [0.25, 0.3) is 0 Å². The van der Waals surface area contributed by atoms with Gasteiger partial charge in [-0.25, -0.2) is 0 Å². The van der Waals surface area contributed by atoms with Crippen molar-refractivity contribution in [2.24, 2.45) is 0 Å². The molecule has 16 heavy (non-hydrogen) atoms. The van der Waals surface area contributed by atoms with Gasteiger partial charge in [-0.15, -0.1) is 9.24 Å². The second kappa shape index (κ2) is 3.60. The van der Waals surface area contributed by atoms with E-state index in [-0.39, 0.29) is 0 Å². The molecule has 0 saturated heterocycles. The van der Waals surface area contributed by atoms with Crippen LogP contribution in [-0.2, 0) is 0 Å². The predicted molar refractivity (Wildman–Crippen MR) is 80.2 cm³/mol. The predicted octanol–water partition coefficient (Wildman–Crippen LogP) is 3.27. The van der Waals surface area contributed by atoms with E-state index in [1.54, 1.807) is 0 Å². The van der Waals surface area contributed by atoms with E-state index in [2.05, 4.69) is 37.9 Å². The molecule has 2 aromatic carbocycles. The highest BCUT2D eigenvalue weighted by Crippen LogP contribution is 2.34. The third-order valence-electron chi connectivity index (χ3n) is 2.68. The van der Waals surface area contributed by atoms with Gasteiger partial charge in [-0.1, -0.05) is 18.2 Å². The van der Waals surface area contributed by atoms with Crippen LogP contribution in [0.2, 0.25) is 0 Å². The first kappa shape index (κ1) is 10.4. The van der Waals surface area contributed by atoms with Gasteiger partial charge in [-0.2, -0.15) is 0 Å². The maximum Gasteiger partial charge on any atom is 0.137 e. The van der Waals surface area contributed by atoms with Gasteiger partial charge in [0.2, 0.25) is 0 Å². The summed E-state index contributed by atoms with van der Waals surface area (Å²) < 4.78 is 6.86. The van der Waals surface area contributed by atoms with Crippen LogP contribution in [0.4, 0.5) is 5.69 Å². The first-order valence-electron chi connectivity index (χ1n) is 4.83. The van der Waals surface area contributed by atoms with Crippen LogP contribution in [0.5, 0.6) is 0 Å². The Kier molecular flexibility index (Phi) is 2.33. The molecule has 1 aromatic heterocycles. The number of hydrogen-bond donors (Lipinski definition) is 1. The fourth-order valence-corrected chi connectivity index (χ4v) is 3.33. The van der Waals surface area contributed by atoms with Crippen LogP contribution in [0.1, 0.15) is 0 Å². The van der Waals surface area contributed by atoms with Crippen LogP contribution in [0.3, 0.4) is 0 Å². The van der Waals surface area contributed by atoms with Crippen LogP contribution < -0.4 is 11.0 Å². The molecular weight excluding hydrogens is 332 g/mol. The molecule has 1 unspecified atom stereocenters. The highest BCUT2D eigenvalue weighted by atomic mass is 127. The van der Waals surface area contributed by atoms with E-state index >= 15 is 0 Å². The summed E-state index contributed by atoms with van der Waals surface area (Å²) in [7, 11) is 2.64. The summed E-state index contributed by atoms with van der Waals surface area (Å²) >= 11 is 2.27. The SMILES string of the molecule is Nc1c(P)cc2oc3ccccc3c2c1I. The molecule has 0 saturated carbocycles. The molecular formula is C12H9INOP. The van der Waals surface area contributed by atoms with Gasteiger partial charge in [-0.3, -0.25) is 0 Å². The number of furan rings is 1. The molecule has 3 rings (SSSR count). The summed E-state index contributed by atoms with van der Waals surface area (Å²) in [5.74, 6) is 0. The van der Waals surface area contributed by atoms with Crippen molar-refractivity contribution in [3.63, 3.8) is 0 Å². The molecule has 80 valence electrons. The second-order valence-electron chi connectivity index (χ2n) is 3.66. The Morgan fingerprint density at radius 3 is 2.75 bits per heavy atom. The Morgan fingerprint density at radius 1 is 1.19 bits per heavy atom. The van der Waals surface area contributed by atoms with Gasteiger partial charge >= 0.3 is 0 Å². The number of rotatable bonds is 0. The van der Waals surface area contributed by atoms with E-state index in [9.17, 15) is 0 Å². The van der Waals surface area contributed by atoms with E-state index in [0.29, 0.717) is 0 Å². The Morgan fingerprint density at radius 2 is 1.94 bits per heavy atom. The average molecular weight is 341 g/mol. The summed E-state index contributed by atoms with van der Waals surface area (Å²) in [4.78, 5) is 0. The molecule has 0 aliphatic heterocycles. The van der Waals surface area contributed by atoms with Gasteiger partial charge in [0.1, 0.15) is 11.2 Å². The lowest BCUT2D eigenvalue weighted by molar-refractivity contribution is 0.669. The van der Waals surface area contributed by atoms with Crippen LogP contribution in [0.25, 0.3) is 21.9 Å². The maximum absolute atomic E-state index is 6.03. The van der Waals surface area contributed by atoms with Crippen molar-refractivity contribution in [2.45, 2.75) is 0 Å². The monoisotopic (exact) mass is 341 g/mol. The van der Waals surface area contributed by atoms with E-state index in [0.717, 1.165) is 36.5 Å². The molecule has 1 atom stereocenters. The summed E-state index contributed by atoms with van der Waals surface area (Å²) in [5, 5.41) is 3.22. The minimum atomic E-state index is 0.810. The second-order valence-corrected chi connectivity index (χ2v) is 5.37. The van der Waals surface area contributed by atoms with Gasteiger partial charge in [0.05, 0.1) is 5.69 Å². The molecule has 0 spiro atoms. The third-order valence-corrected chi connectivity index (χ3v) is 4.27. The van der Waals surface area contributed by atoms with Crippen LogP contribution in [-0.4, -0.2) is 0 Å². The van der Waals surface area contributed by atoms with Crippen LogP contribution in [0.15, 0.2) is 34.7 Å². The summed E-state index contributed by atoms with van der Waals surface area (Å²) in [6.45, 7) is 0. The van der Waals surface area contributed by atoms with Gasteiger partial charge in [-0.05, 0) is 40.0 Å². The molecule has 0 bridgehead atoms. The molecule has 4 heteroatoms. The number of nitrogen functional groups attached to an aromatic ring is 1. The van der Waals surface area contributed by atoms with E-state index in [4.69, 9.17) is 10.2 Å². The van der Waals surface area contributed by atoms with E-state index in [1.165, 1.54) is 0 Å². The number of halogens is 1. The zero-order valence-electron chi connectivity index (χ0n) is 8.33. The zero-order valence-corrected chi connectivity index (χ0v) is 11.6. The van der Waals surface area contributed by atoms with Crippen molar-refractivity contribution in [2.75, 3.05) is 5.73 Å². The lowest BCUT2D eigenvalue weighted by atomic mass is 10.1. The highest BCUT2D eigenvalue weighted by Gasteiger charge is 2.13. The van der Waals surface area contributed by atoms with Crippen LogP contribution in [0, 0.1) is 3.57 Å². The molecule has 3 aromatic rings. The molecule has 0 aliphatic rings. The number of para-hydroxylation sites is 1. The van der Waals surface area contributed by atoms with Crippen molar-refractivity contribution in [1.82, 2.24) is 0 Å². The van der Waals surface area contributed by atoms with Crippen molar-refractivity contribution < 1.29 is 4.42 Å². The number of nitrogens with two attached hydrogens (primary N) is 1. The molecule has 0 amide bonds. The van der Waals surface area contributed by atoms with Crippen LogP contribution >= 0.6 is 31.8 Å². The minimum absolute atomic E-state index is 0.810. The Balaban J connectivity index is 2.62. The van der Waals surface area contributed by atoms with Crippen molar-refractivity contribution in [3.05, 3.63) is 33.9 Å². The molecule has 0 radical (unpaired) electrons. The Hall–Kier alpha value is -0.800. The third kappa shape index (κ3) is 1.35. The molecule has 2 N–H and O–H groups in total. The van der Waals surface area contributed by atoms with Crippen molar-refractivity contribution in [3.8, 4) is 0 Å². The molecule has 2 nitrogen and oxygen atoms in total. The van der Waals surface area contributed by atoms with Gasteiger partial charge < -0.3 is 10.2 Å². The topological polar surface area (TPSA) is 39.2 Å². The largest absolute Gasteiger partial charge is 0.456 e. The number of fused-ring (bicyclic) bond motifs is 3. The number of anilines is 1.